The third kappa shape index (κ3) is 7.05. The first-order valence-corrected chi connectivity index (χ1v) is 12.4. The van der Waals surface area contributed by atoms with Gasteiger partial charge in [-0.05, 0) is 49.2 Å². The third-order valence-electron chi connectivity index (χ3n) is 6.28. The van der Waals surface area contributed by atoms with E-state index in [1.807, 2.05) is 37.1 Å². The number of carbonyl (C=O) groups is 3. The Morgan fingerprint density at radius 2 is 1.72 bits per heavy atom. The van der Waals surface area contributed by atoms with Crippen molar-refractivity contribution in [2.75, 3.05) is 51.7 Å². The number of benzene rings is 2. The lowest BCUT2D eigenvalue weighted by atomic mass is 10.1. The van der Waals surface area contributed by atoms with E-state index in [0.717, 1.165) is 12.1 Å². The number of hydrazine groups is 1. The van der Waals surface area contributed by atoms with Crippen LogP contribution in [0.4, 0.5) is 5.69 Å². The van der Waals surface area contributed by atoms with Crippen LogP contribution >= 0.6 is 0 Å². The summed E-state index contributed by atoms with van der Waals surface area (Å²) in [6.45, 7) is 9.05. The van der Waals surface area contributed by atoms with Gasteiger partial charge in [-0.1, -0.05) is 37.3 Å². The van der Waals surface area contributed by atoms with Crippen LogP contribution in [0.3, 0.4) is 0 Å². The van der Waals surface area contributed by atoms with Crippen LogP contribution in [0.2, 0.25) is 0 Å². The van der Waals surface area contributed by atoms with Crippen molar-refractivity contribution in [1.29, 1.82) is 0 Å². The molecule has 2 aromatic rings. The van der Waals surface area contributed by atoms with Gasteiger partial charge in [-0.15, -0.1) is 0 Å². The number of aryl methyl sites for hydroxylation is 1. The van der Waals surface area contributed by atoms with Crippen molar-refractivity contribution < 1.29 is 19.1 Å². The summed E-state index contributed by atoms with van der Waals surface area (Å²) in [6.07, 6.45) is 0. The van der Waals surface area contributed by atoms with E-state index in [2.05, 4.69) is 22.8 Å². The quantitative estimate of drug-likeness (QED) is 0.345. The Morgan fingerprint density at radius 3 is 2.36 bits per heavy atom. The van der Waals surface area contributed by atoms with Crippen molar-refractivity contribution in [3.8, 4) is 0 Å². The van der Waals surface area contributed by atoms with Crippen LogP contribution in [-0.4, -0.2) is 79.1 Å². The molecule has 0 saturated carbocycles. The highest BCUT2D eigenvalue weighted by Crippen LogP contribution is 2.23. The number of esters is 1. The fourth-order valence-corrected chi connectivity index (χ4v) is 4.07. The molecule has 9 nitrogen and oxygen atoms in total. The van der Waals surface area contributed by atoms with Gasteiger partial charge in [0.25, 0.3) is 5.91 Å². The van der Waals surface area contributed by atoms with E-state index in [4.69, 9.17) is 4.74 Å². The summed E-state index contributed by atoms with van der Waals surface area (Å²) < 4.78 is 5.08. The van der Waals surface area contributed by atoms with Crippen LogP contribution in [0, 0.1) is 6.92 Å². The summed E-state index contributed by atoms with van der Waals surface area (Å²) in [6, 6.07) is 13.4. The molecule has 2 aromatic carbocycles. The maximum atomic E-state index is 13.2. The van der Waals surface area contributed by atoms with Gasteiger partial charge < -0.3 is 20.3 Å². The Bertz CT molecular complexity index is 1050. The van der Waals surface area contributed by atoms with Crippen molar-refractivity contribution in [2.45, 2.75) is 33.9 Å². The number of hydrogen-bond acceptors (Lipinski definition) is 7. The Labute approximate surface area is 213 Å². The first-order chi connectivity index (χ1) is 17.3. The minimum absolute atomic E-state index is 0.00535. The molecule has 2 N–H and O–H groups in total. The highest BCUT2D eigenvalue weighted by Gasteiger charge is 2.27. The number of ether oxygens (including phenoxy) is 1. The van der Waals surface area contributed by atoms with Crippen molar-refractivity contribution in [2.24, 2.45) is 0 Å². The van der Waals surface area contributed by atoms with Crippen LogP contribution in [-0.2, 0) is 27.4 Å². The predicted molar refractivity (Wildman–Crippen MR) is 139 cm³/mol. The van der Waals surface area contributed by atoms with Gasteiger partial charge in [0.05, 0.1) is 18.7 Å². The van der Waals surface area contributed by atoms with E-state index < -0.39 is 5.97 Å². The predicted octanol–water partition coefficient (Wildman–Crippen LogP) is 2.41. The van der Waals surface area contributed by atoms with Crippen molar-refractivity contribution >= 4 is 23.5 Å². The fourth-order valence-electron chi connectivity index (χ4n) is 4.07. The van der Waals surface area contributed by atoms with Crippen molar-refractivity contribution in [3.63, 3.8) is 0 Å². The zero-order chi connectivity index (χ0) is 26.1. The largest absolute Gasteiger partial charge is 0.462 e. The number of anilines is 1. The number of rotatable bonds is 12. The van der Waals surface area contributed by atoms with Gasteiger partial charge in [0.2, 0.25) is 5.91 Å². The molecular weight excluding hydrogens is 458 g/mol. The summed E-state index contributed by atoms with van der Waals surface area (Å²) in [4.78, 5) is 40.0. The zero-order valence-electron chi connectivity index (χ0n) is 21.7. The van der Waals surface area contributed by atoms with Crippen molar-refractivity contribution in [1.82, 2.24) is 20.2 Å². The lowest BCUT2D eigenvalue weighted by Gasteiger charge is -2.31. The standard InChI is InChI=1S/C27H37N5O4/c1-5-28-13-14-31(19-26(34)30(4)32-17-22-9-7-8-10-23(22)18-32)25(33)16-29-24-15-21(12-11-20(24)3)27(35)36-6-2/h7-12,15,28-29H,5-6,13-14,16-19H2,1-4H3. The van der Waals surface area contributed by atoms with Gasteiger partial charge in [-0.25, -0.2) is 9.80 Å². The van der Waals surface area contributed by atoms with Gasteiger partial charge in [-0.2, -0.15) is 0 Å². The number of nitrogens with zero attached hydrogens (tertiary/aromatic N) is 3. The summed E-state index contributed by atoms with van der Waals surface area (Å²) in [5.74, 6) is -0.745. The number of fused-ring (bicyclic) bond motifs is 1. The SMILES string of the molecule is CCNCCN(CC(=O)N(C)N1Cc2ccccc2C1)C(=O)CNc1cc(C(=O)OCC)ccc1C. The van der Waals surface area contributed by atoms with Crippen LogP contribution in [0.1, 0.15) is 40.9 Å². The molecule has 0 saturated heterocycles. The Balaban J connectivity index is 1.63. The second-order valence-electron chi connectivity index (χ2n) is 8.78. The molecule has 0 radical (unpaired) electrons. The average molecular weight is 496 g/mol. The summed E-state index contributed by atoms with van der Waals surface area (Å²) in [5.41, 5.74) is 4.42. The van der Waals surface area contributed by atoms with Gasteiger partial charge in [0.1, 0.15) is 6.54 Å². The van der Waals surface area contributed by atoms with Crippen LogP contribution < -0.4 is 10.6 Å². The van der Waals surface area contributed by atoms with E-state index in [1.165, 1.54) is 11.1 Å². The van der Waals surface area contributed by atoms with Gasteiger partial charge in [0, 0.05) is 38.9 Å². The summed E-state index contributed by atoms with van der Waals surface area (Å²) >= 11 is 0. The second-order valence-corrected chi connectivity index (χ2v) is 8.78. The van der Waals surface area contributed by atoms with Gasteiger partial charge >= 0.3 is 5.97 Å². The number of amides is 2. The number of hydrogen-bond donors (Lipinski definition) is 2. The highest BCUT2D eigenvalue weighted by atomic mass is 16.5. The third-order valence-corrected chi connectivity index (χ3v) is 6.28. The van der Waals surface area contributed by atoms with E-state index in [1.54, 1.807) is 36.0 Å². The van der Waals surface area contributed by atoms with E-state index >= 15 is 0 Å². The number of likely N-dealkylation sites (N-methyl/N-ethyl adjacent to an activating group) is 2. The minimum atomic E-state index is -0.406. The van der Waals surface area contributed by atoms with Crippen LogP contribution in [0.15, 0.2) is 42.5 Å². The molecule has 2 amide bonds. The average Bonchev–Trinajstić information content (AvgIpc) is 3.31. The van der Waals surface area contributed by atoms with Gasteiger partial charge in [0.15, 0.2) is 0 Å². The normalized spacial score (nSPS) is 12.7. The molecule has 0 fully saturated rings. The highest BCUT2D eigenvalue weighted by molar-refractivity contribution is 5.91. The smallest absolute Gasteiger partial charge is 0.338 e. The monoisotopic (exact) mass is 495 g/mol. The molecule has 0 aliphatic carbocycles. The molecule has 1 heterocycles. The number of carbonyl (C=O) groups excluding carboxylic acids is 3. The van der Waals surface area contributed by atoms with E-state index in [9.17, 15) is 14.4 Å². The molecule has 1 aliphatic heterocycles. The first-order valence-electron chi connectivity index (χ1n) is 12.4. The number of nitrogens with one attached hydrogen (secondary N) is 2. The molecule has 36 heavy (non-hydrogen) atoms. The van der Waals surface area contributed by atoms with Crippen molar-refractivity contribution in [3.05, 3.63) is 64.7 Å². The molecule has 0 unspecified atom stereocenters. The van der Waals surface area contributed by atoms with E-state index in [0.29, 0.717) is 44.0 Å². The Kier molecular flexibility index (Phi) is 9.84. The Hall–Kier alpha value is -3.43. The second kappa shape index (κ2) is 13.0. The van der Waals surface area contributed by atoms with Crippen LogP contribution in [0.25, 0.3) is 0 Å². The summed E-state index contributed by atoms with van der Waals surface area (Å²) in [7, 11) is 1.75. The first kappa shape index (κ1) is 27.2. The molecule has 0 aromatic heterocycles. The molecule has 0 bridgehead atoms. The molecule has 0 spiro atoms. The molecule has 1 aliphatic rings. The maximum Gasteiger partial charge on any atom is 0.338 e. The molecule has 9 heteroatoms. The molecule has 3 rings (SSSR count). The lowest BCUT2D eigenvalue weighted by Crippen LogP contribution is -2.49. The topological polar surface area (TPSA) is 94.2 Å². The van der Waals surface area contributed by atoms with E-state index in [-0.39, 0.29) is 24.9 Å². The van der Waals surface area contributed by atoms with Gasteiger partial charge in [-0.3, -0.25) is 14.6 Å². The van der Waals surface area contributed by atoms with Crippen LogP contribution in [0.5, 0.6) is 0 Å². The lowest BCUT2D eigenvalue weighted by molar-refractivity contribution is -0.151. The zero-order valence-corrected chi connectivity index (χ0v) is 21.7. The molecule has 194 valence electrons. The summed E-state index contributed by atoms with van der Waals surface area (Å²) in [5, 5.41) is 9.96. The molecule has 0 atom stereocenters. The minimum Gasteiger partial charge on any atom is -0.462 e. The fraction of sp³-hybridized carbons (Fsp3) is 0.444. The Morgan fingerprint density at radius 1 is 1.03 bits per heavy atom. The maximum absolute atomic E-state index is 13.2. The molecular formula is C27H37N5O4.